The van der Waals surface area contributed by atoms with E-state index in [-0.39, 0.29) is 6.04 Å². The summed E-state index contributed by atoms with van der Waals surface area (Å²) in [4.78, 5) is 8.70. The Labute approximate surface area is 211 Å². The molecule has 0 radical (unpaired) electrons. The van der Waals surface area contributed by atoms with Gasteiger partial charge in [0, 0.05) is 42.0 Å². The van der Waals surface area contributed by atoms with Crippen molar-refractivity contribution in [1.82, 2.24) is 19.3 Å². The Balaban J connectivity index is 1.56. The van der Waals surface area contributed by atoms with Crippen LogP contribution in [0.2, 0.25) is 0 Å². The molecule has 2 N–H and O–H groups in total. The lowest BCUT2D eigenvalue weighted by Crippen LogP contribution is -2.35. The van der Waals surface area contributed by atoms with Crippen LogP contribution < -0.4 is 9.44 Å². The summed E-state index contributed by atoms with van der Waals surface area (Å²) >= 11 is 0. The van der Waals surface area contributed by atoms with E-state index in [1.807, 2.05) is 24.3 Å². The Morgan fingerprint density at radius 1 is 1.11 bits per heavy atom. The van der Waals surface area contributed by atoms with Gasteiger partial charge in [-0.3, -0.25) is 4.72 Å². The highest BCUT2D eigenvalue weighted by Crippen LogP contribution is 2.43. The molecule has 0 atom stereocenters. The largest absolute Gasteiger partial charge is 0.336 e. The van der Waals surface area contributed by atoms with Crippen molar-refractivity contribution in [2.24, 2.45) is 0 Å². The number of rotatable bonds is 8. The molecule has 1 fully saturated rings. The Hall–Kier alpha value is -3.74. The van der Waals surface area contributed by atoms with Crippen LogP contribution in [0.25, 0.3) is 22.2 Å². The second kappa shape index (κ2) is 9.72. The van der Waals surface area contributed by atoms with Gasteiger partial charge in [-0.25, -0.2) is 9.97 Å². The van der Waals surface area contributed by atoms with Crippen LogP contribution in [-0.2, 0) is 16.6 Å². The van der Waals surface area contributed by atoms with Gasteiger partial charge in [-0.15, -0.1) is 0 Å². The summed E-state index contributed by atoms with van der Waals surface area (Å²) in [6, 6.07) is 17.8. The van der Waals surface area contributed by atoms with E-state index in [1.165, 1.54) is 0 Å². The van der Waals surface area contributed by atoms with Crippen molar-refractivity contribution in [3.8, 4) is 17.3 Å². The van der Waals surface area contributed by atoms with E-state index < -0.39 is 10.2 Å². The predicted molar refractivity (Wildman–Crippen MR) is 141 cm³/mol. The molecular weight excluding hydrogens is 472 g/mol. The second-order valence-corrected chi connectivity index (χ2v) is 10.9. The summed E-state index contributed by atoms with van der Waals surface area (Å²) in [5, 5.41) is 11.1. The number of fused-ring (bicyclic) bond motifs is 1. The quantitative estimate of drug-likeness (QED) is 0.356. The number of aromatic nitrogens is 3. The molecule has 1 aliphatic rings. The fourth-order valence-electron chi connectivity index (χ4n) is 4.68. The minimum Gasteiger partial charge on any atom is -0.336 e. The Bertz CT molecular complexity index is 1530. The molecule has 36 heavy (non-hydrogen) atoms. The lowest BCUT2D eigenvalue weighted by atomic mass is 9.92. The molecule has 9 heteroatoms. The molecule has 8 nitrogen and oxygen atoms in total. The molecule has 0 amide bonds. The minimum absolute atomic E-state index is 0.212. The van der Waals surface area contributed by atoms with Crippen LogP contribution in [0.3, 0.4) is 0 Å². The molecule has 0 bridgehead atoms. The monoisotopic (exact) mass is 500 g/mol. The minimum atomic E-state index is -3.66. The maximum atomic E-state index is 12.3. The molecule has 0 spiro atoms. The van der Waals surface area contributed by atoms with E-state index in [1.54, 1.807) is 44.4 Å². The first kappa shape index (κ1) is 24.0. The number of nitrogens with one attached hydrogen (secondary N) is 2. The van der Waals surface area contributed by atoms with E-state index >= 15 is 0 Å². The zero-order valence-corrected chi connectivity index (χ0v) is 21.1. The van der Waals surface area contributed by atoms with Crippen LogP contribution in [0.4, 0.5) is 5.69 Å². The van der Waals surface area contributed by atoms with Crippen molar-refractivity contribution in [3.05, 3.63) is 77.9 Å². The summed E-state index contributed by atoms with van der Waals surface area (Å²) in [6.45, 7) is 3.53. The number of hydrogen-bond donors (Lipinski definition) is 2. The highest BCUT2D eigenvalue weighted by atomic mass is 32.2. The van der Waals surface area contributed by atoms with Crippen molar-refractivity contribution in [3.63, 3.8) is 0 Å². The number of hydrogen-bond acceptors (Lipinski definition) is 5. The summed E-state index contributed by atoms with van der Waals surface area (Å²) < 4.78 is 31.9. The van der Waals surface area contributed by atoms with Crippen molar-refractivity contribution < 1.29 is 8.42 Å². The fourth-order valence-corrected chi connectivity index (χ4v) is 5.81. The second-order valence-electron chi connectivity index (χ2n) is 9.44. The highest BCUT2D eigenvalue weighted by molar-refractivity contribution is 7.90. The van der Waals surface area contributed by atoms with Crippen LogP contribution in [0, 0.1) is 11.3 Å². The molecule has 5 rings (SSSR count). The van der Waals surface area contributed by atoms with Gasteiger partial charge >= 0.3 is 0 Å². The lowest BCUT2D eigenvalue weighted by molar-refractivity contribution is 0.324. The van der Waals surface area contributed by atoms with E-state index in [9.17, 15) is 13.7 Å². The first-order valence-corrected chi connectivity index (χ1v) is 13.6. The summed E-state index contributed by atoms with van der Waals surface area (Å²) in [5.74, 6) is 0.754. The molecule has 0 aliphatic heterocycles. The van der Waals surface area contributed by atoms with Gasteiger partial charge in [-0.05, 0) is 68.5 Å². The van der Waals surface area contributed by atoms with Gasteiger partial charge in [0.25, 0.3) is 10.2 Å². The summed E-state index contributed by atoms with van der Waals surface area (Å²) in [7, 11) is -3.66. The smallest absolute Gasteiger partial charge is 0.299 e. The average Bonchev–Trinajstić information content (AvgIpc) is 3.11. The van der Waals surface area contributed by atoms with E-state index in [4.69, 9.17) is 0 Å². The topological polar surface area (TPSA) is 113 Å². The predicted octanol–water partition coefficient (Wildman–Crippen LogP) is 4.94. The van der Waals surface area contributed by atoms with Crippen molar-refractivity contribution in [2.75, 3.05) is 4.72 Å². The van der Waals surface area contributed by atoms with Gasteiger partial charge in [-0.2, -0.15) is 18.4 Å². The van der Waals surface area contributed by atoms with E-state index in [0.29, 0.717) is 23.7 Å². The SMILES string of the molecule is CC(C)NS(=O)(=O)Nc1ccc(-c2c(C#N)c3ccc(Cc4ncccn4)cc3n2C2CCC2)cc1. The molecule has 2 aromatic heterocycles. The molecule has 2 aromatic carbocycles. The maximum absolute atomic E-state index is 12.3. The van der Waals surface area contributed by atoms with Crippen molar-refractivity contribution in [1.29, 1.82) is 5.26 Å². The molecule has 0 unspecified atom stereocenters. The zero-order chi connectivity index (χ0) is 25.3. The summed E-state index contributed by atoms with van der Waals surface area (Å²) in [6.07, 6.45) is 7.38. The number of nitrogens with zero attached hydrogens (tertiary/aromatic N) is 4. The molecule has 184 valence electrons. The fraction of sp³-hybridized carbons (Fsp3) is 0.296. The van der Waals surface area contributed by atoms with Gasteiger partial charge in [-0.1, -0.05) is 24.3 Å². The number of nitriles is 1. The van der Waals surface area contributed by atoms with E-state index in [0.717, 1.165) is 52.8 Å². The van der Waals surface area contributed by atoms with Gasteiger partial charge in [0.15, 0.2) is 0 Å². The van der Waals surface area contributed by atoms with E-state index in [2.05, 4.69) is 36.1 Å². The Morgan fingerprint density at radius 2 is 1.83 bits per heavy atom. The third-order valence-electron chi connectivity index (χ3n) is 6.40. The van der Waals surface area contributed by atoms with Crippen LogP contribution >= 0.6 is 0 Å². The van der Waals surface area contributed by atoms with Crippen LogP contribution in [0.15, 0.2) is 60.9 Å². The van der Waals surface area contributed by atoms with Crippen molar-refractivity contribution in [2.45, 2.75) is 51.6 Å². The number of benzene rings is 2. The third kappa shape index (κ3) is 4.83. The average molecular weight is 501 g/mol. The van der Waals surface area contributed by atoms with Crippen LogP contribution in [0.5, 0.6) is 0 Å². The molecule has 1 saturated carbocycles. The van der Waals surface area contributed by atoms with Crippen LogP contribution in [-0.4, -0.2) is 29.0 Å². The first-order chi connectivity index (χ1) is 17.3. The molecule has 4 aromatic rings. The van der Waals surface area contributed by atoms with Crippen LogP contribution in [0.1, 0.15) is 56.1 Å². The zero-order valence-electron chi connectivity index (χ0n) is 20.3. The Kier molecular flexibility index (Phi) is 6.48. The Morgan fingerprint density at radius 3 is 2.44 bits per heavy atom. The van der Waals surface area contributed by atoms with Gasteiger partial charge in [0.05, 0.1) is 16.8 Å². The van der Waals surface area contributed by atoms with Gasteiger partial charge < -0.3 is 4.57 Å². The number of anilines is 1. The first-order valence-electron chi connectivity index (χ1n) is 12.1. The van der Waals surface area contributed by atoms with Gasteiger partial charge in [0.1, 0.15) is 11.9 Å². The molecule has 0 saturated heterocycles. The standard InChI is InChI=1S/C27H28N6O2S/c1-18(2)31-36(34,35)32-21-10-8-20(9-11-21)27-24(17-28)23-12-7-19(16-26-29-13-4-14-30-26)15-25(23)33(27)22-5-3-6-22/h4,7-15,18,22,31-32H,3,5-6,16H2,1-2H3. The molecule has 2 heterocycles. The third-order valence-corrected chi connectivity index (χ3v) is 7.69. The lowest BCUT2D eigenvalue weighted by Gasteiger charge is -2.30. The van der Waals surface area contributed by atoms with Gasteiger partial charge in [0.2, 0.25) is 0 Å². The normalized spacial score (nSPS) is 14.1. The van der Waals surface area contributed by atoms with Crippen molar-refractivity contribution >= 4 is 26.8 Å². The molecule has 1 aliphatic carbocycles. The molecular formula is C27H28N6O2S. The maximum Gasteiger partial charge on any atom is 0.299 e. The summed E-state index contributed by atoms with van der Waals surface area (Å²) in [5.41, 5.74) is 4.97. The highest BCUT2D eigenvalue weighted by Gasteiger charge is 2.28.